The van der Waals surface area contributed by atoms with Crippen LogP contribution in [0.4, 0.5) is 4.39 Å². The molecule has 51 heavy (non-hydrogen) atoms. The average molecular weight is 710 g/mol. The molecule has 5 nitrogen and oxygen atoms in total. The van der Waals surface area contributed by atoms with Crippen LogP contribution in [0.25, 0.3) is 0 Å². The summed E-state index contributed by atoms with van der Waals surface area (Å²) in [6.45, 7) is 21.6. The van der Waals surface area contributed by atoms with Gasteiger partial charge in [0.15, 0.2) is 0 Å². The van der Waals surface area contributed by atoms with E-state index in [-0.39, 0.29) is 27.2 Å². The maximum Gasteiger partial charge on any atom is 0.312 e. The Bertz CT molecular complexity index is 1380. The molecule has 3 N–H and O–H groups in total. The van der Waals surface area contributed by atoms with Crippen LogP contribution in [-0.2, 0) is 9.53 Å². The van der Waals surface area contributed by atoms with Crippen molar-refractivity contribution in [1.29, 1.82) is 0 Å². The molecule has 0 amide bonds. The number of rotatable bonds is 9. The third-order valence-corrected chi connectivity index (χ3v) is 18.6. The van der Waals surface area contributed by atoms with Gasteiger partial charge in [0.05, 0.1) is 11.0 Å². The number of carboxylic acids is 1. The summed E-state index contributed by atoms with van der Waals surface area (Å²) in [4.78, 5) is 12.0. The van der Waals surface area contributed by atoms with Crippen LogP contribution in [0.15, 0.2) is 23.8 Å². The summed E-state index contributed by atoms with van der Waals surface area (Å²) < 4.78 is 19.6. The van der Waals surface area contributed by atoms with Crippen LogP contribution in [0.5, 0.6) is 0 Å². The predicted molar refractivity (Wildman–Crippen MR) is 203 cm³/mol. The average Bonchev–Trinajstić information content (AvgIpc) is 3.48. The molecule has 0 aromatic heterocycles. The summed E-state index contributed by atoms with van der Waals surface area (Å²) in [7, 11) is 0. The number of fused-ring (bicyclic) bond motifs is 7. The van der Waals surface area contributed by atoms with Crippen LogP contribution in [-0.4, -0.2) is 53.8 Å². The summed E-state index contributed by atoms with van der Waals surface area (Å²) in [6.07, 6.45) is 19.8. The molecule has 7 rings (SSSR count). The molecule has 0 bridgehead atoms. The molecule has 0 aromatic carbocycles. The number of aliphatic hydroxyl groups is 1. The molecule has 1 saturated heterocycles. The van der Waals surface area contributed by atoms with Crippen LogP contribution in [0.3, 0.4) is 0 Å². The summed E-state index contributed by atoms with van der Waals surface area (Å²) in [5, 5.41) is 25.4. The van der Waals surface area contributed by atoms with Crippen molar-refractivity contribution in [2.75, 3.05) is 26.4 Å². The second-order valence-corrected chi connectivity index (χ2v) is 20.6. The van der Waals surface area contributed by atoms with Gasteiger partial charge < -0.3 is 20.3 Å². The van der Waals surface area contributed by atoms with Crippen molar-refractivity contribution >= 4 is 5.97 Å². The van der Waals surface area contributed by atoms with E-state index in [9.17, 15) is 19.4 Å². The summed E-state index contributed by atoms with van der Waals surface area (Å²) in [5.41, 5.74) is 2.24. The van der Waals surface area contributed by atoms with Crippen molar-refractivity contribution in [3.8, 4) is 0 Å². The summed E-state index contributed by atoms with van der Waals surface area (Å²) >= 11 is 0. The molecular formula is C45H72FNO4. The lowest BCUT2D eigenvalue weighted by molar-refractivity contribution is -0.222. The molecular weight excluding hydrogens is 637 g/mol. The van der Waals surface area contributed by atoms with E-state index in [4.69, 9.17) is 11.3 Å². The van der Waals surface area contributed by atoms with Crippen molar-refractivity contribution in [2.24, 2.45) is 62.6 Å². The summed E-state index contributed by atoms with van der Waals surface area (Å²) in [5.74, 6) is 2.58. The smallest absolute Gasteiger partial charge is 0.312 e. The van der Waals surface area contributed by atoms with Gasteiger partial charge in [-0.25, -0.2) is 4.39 Å². The van der Waals surface area contributed by atoms with Gasteiger partial charge in [-0.15, -0.1) is 0 Å². The molecule has 1 heterocycles. The molecule has 288 valence electrons. The van der Waals surface area contributed by atoms with Gasteiger partial charge in [0.25, 0.3) is 0 Å². The number of halogens is 1. The molecule has 4 unspecified atom stereocenters. The second kappa shape index (κ2) is 13.2. The Balaban J connectivity index is 1.14. The van der Waals surface area contributed by atoms with Crippen molar-refractivity contribution in [2.45, 2.75) is 162 Å². The first-order chi connectivity index (χ1) is 24.0. The first-order valence-corrected chi connectivity index (χ1v) is 21.3. The maximum atomic E-state index is 14.0. The number of hydrogen-bond donors (Lipinski definition) is 3. The Hall–Kier alpha value is -1.24. The highest BCUT2D eigenvalue weighted by Gasteiger charge is 2.70. The number of allylic oxidation sites excluding steroid dienone is 3. The fourth-order valence-electron chi connectivity index (χ4n) is 15.4. The Labute approximate surface area is 309 Å². The fraction of sp³-hybridized carbons (Fsp3) is 0.889. The summed E-state index contributed by atoms with van der Waals surface area (Å²) in [6, 6.07) is 0. The van der Waals surface area contributed by atoms with E-state index in [1.807, 2.05) is 0 Å². The number of aliphatic carboxylic acids is 1. The topological polar surface area (TPSA) is 78.8 Å². The highest BCUT2D eigenvalue weighted by atomic mass is 19.1. The van der Waals surface area contributed by atoms with E-state index >= 15 is 0 Å². The molecule has 9 atom stereocenters. The Morgan fingerprint density at radius 1 is 0.902 bits per heavy atom. The molecule has 7 aliphatic rings. The van der Waals surface area contributed by atoms with Gasteiger partial charge >= 0.3 is 5.97 Å². The molecule has 1 aliphatic heterocycles. The number of hydrogen-bond acceptors (Lipinski definition) is 4. The number of carboxylic acid groups (broad SMARTS) is 1. The minimum Gasteiger partial charge on any atom is -0.481 e. The first-order valence-electron chi connectivity index (χ1n) is 21.3. The molecule has 6 aliphatic carbocycles. The number of ether oxygens (including phenoxy) is 1. The van der Waals surface area contributed by atoms with Gasteiger partial charge in [-0.1, -0.05) is 65.3 Å². The van der Waals surface area contributed by atoms with E-state index in [2.05, 4.69) is 52.9 Å². The number of carbonyl (C=O) groups is 1. The molecule has 6 fully saturated rings. The van der Waals surface area contributed by atoms with E-state index in [0.717, 1.165) is 51.5 Å². The zero-order valence-corrected chi connectivity index (χ0v) is 33.2. The maximum absolute atomic E-state index is 14.0. The van der Waals surface area contributed by atoms with Crippen molar-refractivity contribution in [1.82, 2.24) is 5.32 Å². The third-order valence-electron chi connectivity index (χ3n) is 18.6. The van der Waals surface area contributed by atoms with Gasteiger partial charge in [0, 0.05) is 18.8 Å². The van der Waals surface area contributed by atoms with E-state index in [1.165, 1.54) is 56.9 Å². The molecule has 6 heteroatoms. The van der Waals surface area contributed by atoms with Crippen molar-refractivity contribution in [3.05, 3.63) is 23.8 Å². The van der Waals surface area contributed by atoms with Crippen LogP contribution < -0.4 is 5.32 Å². The highest BCUT2D eigenvalue weighted by Crippen LogP contribution is 2.76. The molecule has 0 radical (unpaired) electrons. The van der Waals surface area contributed by atoms with Gasteiger partial charge in [-0.2, -0.15) is 0 Å². The minimum atomic E-state index is -1.17. The van der Waals surface area contributed by atoms with E-state index in [1.54, 1.807) is 5.57 Å². The van der Waals surface area contributed by atoms with Crippen LogP contribution in [0, 0.1) is 62.6 Å². The molecule has 0 spiro atoms. The highest BCUT2D eigenvalue weighted by molar-refractivity contribution is 5.75. The first kappa shape index (κ1) is 38.1. The zero-order chi connectivity index (χ0) is 36.7. The standard InChI is InChI=1S/C45H72FNO4/c1-8-30(2)32-13-20-45(47-26-23-44(50)24-27-51-28-25-44)22-21-41(6)34(37(32)45)9-10-36-40(5)16-14-33(39(3,4)35(40)15-17-42(36,41)7)31-11-18-43(29-46,19-12-31)38(48)49/h14,31-32,34-37,47,50H,2,8-13,15-29H2,1,3-7H3,(H,48,49)/t31?,32?,34-,35?,36?,37-,40+,41-,42-,43?,45?/m1/s1. The second-order valence-electron chi connectivity index (χ2n) is 20.6. The SMILES string of the molecule is C=C(CC)C1CCC2(NCCC3(O)CCOCC3)CC[C@]3(C)[C@H](CCC4[C@@]5(C)CC=C(C6CCC(CF)(C(=O)O)CC6)C(C)(C)C5CC[C@]43C)[C@@H]12. The van der Waals surface area contributed by atoms with Crippen LogP contribution >= 0.6 is 0 Å². The Morgan fingerprint density at radius 2 is 1.61 bits per heavy atom. The lowest BCUT2D eigenvalue weighted by atomic mass is 9.32. The lowest BCUT2D eigenvalue weighted by Gasteiger charge is -2.72. The largest absolute Gasteiger partial charge is 0.481 e. The van der Waals surface area contributed by atoms with Crippen molar-refractivity contribution in [3.63, 3.8) is 0 Å². The third kappa shape index (κ3) is 5.70. The zero-order valence-electron chi connectivity index (χ0n) is 33.2. The Morgan fingerprint density at radius 3 is 2.25 bits per heavy atom. The normalized spacial score (nSPS) is 47.3. The van der Waals surface area contributed by atoms with Gasteiger partial charge in [0.2, 0.25) is 0 Å². The van der Waals surface area contributed by atoms with Crippen LogP contribution in [0.1, 0.15) is 151 Å². The lowest BCUT2D eigenvalue weighted by Crippen LogP contribution is -2.68. The fourth-order valence-corrected chi connectivity index (χ4v) is 15.4. The van der Waals surface area contributed by atoms with Gasteiger partial charge in [0.1, 0.15) is 6.67 Å². The van der Waals surface area contributed by atoms with E-state index < -0.39 is 23.7 Å². The number of alkyl halides is 1. The monoisotopic (exact) mass is 710 g/mol. The van der Waals surface area contributed by atoms with Crippen molar-refractivity contribution < 1.29 is 24.1 Å². The quantitative estimate of drug-likeness (QED) is 0.208. The van der Waals surface area contributed by atoms with Gasteiger partial charge in [-0.3, -0.25) is 4.79 Å². The molecule has 5 saturated carbocycles. The Kier molecular flexibility index (Phi) is 9.86. The molecule has 0 aromatic rings. The minimum absolute atomic E-state index is 0.0608. The number of nitrogens with one attached hydrogen (secondary N) is 1. The van der Waals surface area contributed by atoms with E-state index in [0.29, 0.717) is 61.6 Å². The van der Waals surface area contributed by atoms with Gasteiger partial charge in [-0.05, 0) is 173 Å². The van der Waals surface area contributed by atoms with Crippen LogP contribution in [0.2, 0.25) is 0 Å². The predicted octanol–water partition coefficient (Wildman–Crippen LogP) is 10.1.